The third kappa shape index (κ3) is 5.39. The summed E-state index contributed by atoms with van der Waals surface area (Å²) in [5.74, 6) is 2.43. The molecule has 212 valence electrons. The lowest BCUT2D eigenvalue weighted by Gasteiger charge is -2.37. The number of nitrogens with zero attached hydrogens (tertiary/aromatic N) is 4. The average Bonchev–Trinajstić information content (AvgIpc) is 3.60. The zero-order valence-corrected chi connectivity index (χ0v) is 23.5. The van der Waals surface area contributed by atoms with E-state index in [9.17, 15) is 19.1 Å². The Kier molecular flexibility index (Phi) is 6.94. The molecule has 0 bridgehead atoms. The Morgan fingerprint density at radius 3 is 2.48 bits per heavy atom. The number of carbonyl (C=O) groups is 1. The molecule has 1 aliphatic carbocycles. The summed E-state index contributed by atoms with van der Waals surface area (Å²) in [5, 5.41) is 3.90. The largest absolute Gasteiger partial charge is 0.494 e. The van der Waals surface area contributed by atoms with E-state index < -0.39 is 19.3 Å². The van der Waals surface area contributed by atoms with Crippen LogP contribution >= 0.6 is 7.60 Å². The van der Waals surface area contributed by atoms with E-state index in [2.05, 4.69) is 21.1 Å². The van der Waals surface area contributed by atoms with Gasteiger partial charge in [-0.1, -0.05) is 5.16 Å². The van der Waals surface area contributed by atoms with Crippen molar-refractivity contribution in [3.63, 3.8) is 0 Å². The molecule has 6 rings (SSSR count). The van der Waals surface area contributed by atoms with Crippen molar-refractivity contribution in [1.82, 2.24) is 15.0 Å². The predicted molar refractivity (Wildman–Crippen MR) is 147 cm³/mol. The van der Waals surface area contributed by atoms with Crippen molar-refractivity contribution in [2.75, 3.05) is 31.1 Å². The number of ether oxygens (including phenoxy) is 2. The maximum absolute atomic E-state index is 12.8. The molecule has 3 heterocycles. The van der Waals surface area contributed by atoms with Gasteiger partial charge in [0.2, 0.25) is 0 Å². The Morgan fingerprint density at radius 2 is 1.88 bits per heavy atom. The van der Waals surface area contributed by atoms with Crippen molar-refractivity contribution in [1.29, 1.82) is 0 Å². The van der Waals surface area contributed by atoms with Crippen LogP contribution in [0.1, 0.15) is 55.5 Å². The Hall–Kier alpha value is -3.24. The van der Waals surface area contributed by atoms with Crippen LogP contribution in [-0.2, 0) is 15.8 Å². The normalized spacial score (nSPS) is 19.3. The number of amides is 1. The van der Waals surface area contributed by atoms with Crippen molar-refractivity contribution in [3.8, 4) is 17.2 Å². The average molecular weight is 569 g/mol. The maximum Gasteiger partial charge on any atom is 0.415 e. The molecular weight excluding hydrogens is 535 g/mol. The number of benzene rings is 2. The van der Waals surface area contributed by atoms with Crippen molar-refractivity contribution in [3.05, 3.63) is 53.3 Å². The number of aryl methyl sites for hydroxylation is 1. The van der Waals surface area contributed by atoms with Crippen LogP contribution in [0.4, 0.5) is 10.5 Å². The highest BCUT2D eigenvalue weighted by Crippen LogP contribution is 2.46. The molecule has 3 fully saturated rings. The number of likely N-dealkylation sites (tertiary alicyclic amines) is 1. The highest BCUT2D eigenvalue weighted by Gasteiger charge is 2.47. The second-order valence-corrected chi connectivity index (χ2v) is 12.5. The summed E-state index contributed by atoms with van der Waals surface area (Å²) < 4.78 is 29.0. The molecule has 1 amide bonds. The first-order valence-corrected chi connectivity index (χ1v) is 15.2. The highest BCUT2D eigenvalue weighted by atomic mass is 31.2. The molecule has 0 unspecified atom stereocenters. The fraction of sp³-hybridized carbons (Fsp3) is 0.464. The first kappa shape index (κ1) is 27.0. The van der Waals surface area contributed by atoms with Crippen LogP contribution in [0.5, 0.6) is 5.75 Å². The van der Waals surface area contributed by atoms with Gasteiger partial charge < -0.3 is 23.8 Å². The molecule has 40 heavy (non-hydrogen) atoms. The van der Waals surface area contributed by atoms with Gasteiger partial charge in [0.1, 0.15) is 11.4 Å². The topological polar surface area (TPSA) is 138 Å². The van der Waals surface area contributed by atoms with E-state index in [1.165, 1.54) is 17.7 Å². The zero-order chi connectivity index (χ0) is 28.1. The van der Waals surface area contributed by atoms with Crippen LogP contribution in [0, 0.1) is 6.92 Å². The number of carbonyl (C=O) groups excluding carboxylic acids is 1. The van der Waals surface area contributed by atoms with Gasteiger partial charge in [-0.2, -0.15) is 4.98 Å². The number of hydrogen-bond acceptors (Lipinski definition) is 8. The number of anilines is 1. The van der Waals surface area contributed by atoms with Gasteiger partial charge in [0.15, 0.2) is 5.82 Å². The summed E-state index contributed by atoms with van der Waals surface area (Å²) >= 11 is 0. The molecule has 1 aromatic heterocycles. The first-order valence-electron chi connectivity index (χ1n) is 13.6. The Labute approximate surface area is 232 Å². The SMILES string of the molecule is CCOc1cc(-c2nc(C)no2)c(C2CC2)cc1CN1CCC2(CC1)CN(c1ccc(P(=O)(O)O)cc1)C(=O)O2. The van der Waals surface area contributed by atoms with E-state index in [4.69, 9.17) is 14.0 Å². The quantitative estimate of drug-likeness (QED) is 0.382. The van der Waals surface area contributed by atoms with Crippen LogP contribution in [0.15, 0.2) is 40.9 Å². The van der Waals surface area contributed by atoms with E-state index >= 15 is 0 Å². The molecule has 2 aliphatic heterocycles. The predicted octanol–water partition coefficient (Wildman–Crippen LogP) is 4.12. The fourth-order valence-corrected chi connectivity index (χ4v) is 6.19. The van der Waals surface area contributed by atoms with Gasteiger partial charge in [0, 0.05) is 49.3 Å². The number of hydrogen-bond donors (Lipinski definition) is 2. The summed E-state index contributed by atoms with van der Waals surface area (Å²) in [6.07, 6.45) is 3.23. The van der Waals surface area contributed by atoms with Crippen LogP contribution in [0.2, 0.25) is 0 Å². The van der Waals surface area contributed by atoms with Crippen molar-refractivity contribution < 1.29 is 33.1 Å². The summed E-state index contributed by atoms with van der Waals surface area (Å²) in [4.78, 5) is 39.9. The third-order valence-electron chi connectivity index (χ3n) is 7.94. The van der Waals surface area contributed by atoms with Gasteiger partial charge in [-0.3, -0.25) is 14.4 Å². The number of aromatic nitrogens is 2. The molecule has 2 aromatic carbocycles. The minimum atomic E-state index is -4.34. The van der Waals surface area contributed by atoms with Crippen LogP contribution in [0.25, 0.3) is 11.5 Å². The summed E-state index contributed by atoms with van der Waals surface area (Å²) in [5.41, 5.74) is 3.26. The molecule has 0 atom stereocenters. The molecule has 0 radical (unpaired) electrons. The van der Waals surface area contributed by atoms with Crippen LogP contribution < -0.4 is 14.9 Å². The van der Waals surface area contributed by atoms with E-state index in [1.54, 1.807) is 17.0 Å². The zero-order valence-electron chi connectivity index (χ0n) is 22.6. The molecule has 1 spiro atoms. The number of rotatable bonds is 8. The van der Waals surface area contributed by atoms with Crippen molar-refractivity contribution in [2.24, 2.45) is 0 Å². The molecule has 2 saturated heterocycles. The molecule has 11 nitrogen and oxygen atoms in total. The van der Waals surface area contributed by atoms with Gasteiger partial charge in [0.25, 0.3) is 5.89 Å². The lowest BCUT2D eigenvalue weighted by atomic mass is 9.90. The van der Waals surface area contributed by atoms with Gasteiger partial charge in [0.05, 0.1) is 18.5 Å². The van der Waals surface area contributed by atoms with Gasteiger partial charge >= 0.3 is 13.7 Å². The third-order valence-corrected chi connectivity index (χ3v) is 8.91. The maximum atomic E-state index is 12.8. The molecule has 12 heteroatoms. The summed E-state index contributed by atoms with van der Waals surface area (Å²) in [6, 6.07) is 10.1. The first-order chi connectivity index (χ1) is 19.1. The standard InChI is InChI=1S/C28H33N4O7P/c1-3-37-25-15-24(26-29-18(2)30-39-26)23(19-4-5-19)14-20(25)16-31-12-10-28(11-13-31)17-32(27(33)38-28)21-6-8-22(9-7-21)40(34,35)36/h6-9,14-15,19H,3-5,10-13,16-17H2,1-2H3,(H2,34,35,36). The van der Waals surface area contributed by atoms with Gasteiger partial charge in [-0.25, -0.2) is 4.79 Å². The van der Waals surface area contributed by atoms with E-state index in [0.717, 1.165) is 49.4 Å². The minimum absolute atomic E-state index is 0.0802. The molecular formula is C28H33N4O7P. The smallest absolute Gasteiger partial charge is 0.415 e. The van der Waals surface area contributed by atoms with Crippen molar-refractivity contribution in [2.45, 2.75) is 57.6 Å². The lowest BCUT2D eigenvalue weighted by molar-refractivity contribution is -0.00111. The molecule has 1 saturated carbocycles. The van der Waals surface area contributed by atoms with Crippen LogP contribution in [-0.4, -0.2) is 62.8 Å². The molecule has 3 aliphatic rings. The number of piperidine rings is 1. The van der Waals surface area contributed by atoms with Crippen LogP contribution in [0.3, 0.4) is 0 Å². The Morgan fingerprint density at radius 1 is 1.15 bits per heavy atom. The summed E-state index contributed by atoms with van der Waals surface area (Å²) in [7, 11) is -4.34. The van der Waals surface area contributed by atoms with Gasteiger partial charge in [-0.05, 0) is 74.6 Å². The second kappa shape index (κ2) is 10.3. The molecule has 3 aromatic rings. The van der Waals surface area contributed by atoms with E-state index in [1.807, 2.05) is 19.9 Å². The minimum Gasteiger partial charge on any atom is -0.494 e. The van der Waals surface area contributed by atoms with Crippen molar-refractivity contribution >= 4 is 24.7 Å². The lowest BCUT2D eigenvalue weighted by Crippen LogP contribution is -2.46. The Bertz CT molecular complexity index is 1460. The van der Waals surface area contributed by atoms with E-state index in [-0.39, 0.29) is 5.30 Å². The highest BCUT2D eigenvalue weighted by molar-refractivity contribution is 7.60. The van der Waals surface area contributed by atoms with Gasteiger partial charge in [-0.15, -0.1) is 0 Å². The monoisotopic (exact) mass is 568 g/mol. The molecule has 2 N–H and O–H groups in total. The fourth-order valence-electron chi connectivity index (χ4n) is 5.65. The van der Waals surface area contributed by atoms with E-state index in [0.29, 0.717) is 49.3 Å². The Balaban J connectivity index is 1.16. The second-order valence-electron chi connectivity index (χ2n) is 10.9. The summed E-state index contributed by atoms with van der Waals surface area (Å²) in [6.45, 7) is 6.97.